The molecule has 3 nitrogen and oxygen atoms in total. The van der Waals surface area contributed by atoms with Crippen molar-refractivity contribution in [2.75, 3.05) is 18.2 Å². The van der Waals surface area contributed by atoms with Gasteiger partial charge >= 0.3 is 0 Å². The molecule has 0 aliphatic rings. The molecular formula is C13H22N2O. The Kier molecular flexibility index (Phi) is 4.96. The van der Waals surface area contributed by atoms with E-state index in [0.29, 0.717) is 6.04 Å². The van der Waals surface area contributed by atoms with Crippen LogP contribution in [0, 0.1) is 0 Å². The predicted octanol–water partition coefficient (Wildman–Crippen LogP) is 3.27. The smallest absolute Gasteiger partial charge is 0.122 e. The summed E-state index contributed by atoms with van der Waals surface area (Å²) < 4.78 is 5.18. The molecule has 0 bridgehead atoms. The van der Waals surface area contributed by atoms with Crippen molar-refractivity contribution in [3.8, 4) is 5.75 Å². The first-order chi connectivity index (χ1) is 7.65. The number of nitrogens with one attached hydrogen (secondary N) is 1. The fourth-order valence-electron chi connectivity index (χ4n) is 1.69. The Balaban J connectivity index is 2.61. The molecule has 0 aliphatic carbocycles. The Labute approximate surface area is 98.0 Å². The molecule has 1 aromatic carbocycles. The van der Waals surface area contributed by atoms with E-state index >= 15 is 0 Å². The summed E-state index contributed by atoms with van der Waals surface area (Å²) in [6, 6.07) is 6.19. The number of hydrogen-bond acceptors (Lipinski definition) is 3. The van der Waals surface area contributed by atoms with Gasteiger partial charge in [0.2, 0.25) is 0 Å². The van der Waals surface area contributed by atoms with E-state index in [1.807, 2.05) is 18.2 Å². The molecule has 0 amide bonds. The van der Waals surface area contributed by atoms with Crippen LogP contribution in [0.4, 0.5) is 11.4 Å². The quantitative estimate of drug-likeness (QED) is 0.726. The molecule has 1 rings (SSSR count). The van der Waals surface area contributed by atoms with Crippen molar-refractivity contribution >= 4 is 11.4 Å². The molecule has 0 saturated carbocycles. The fourth-order valence-corrected chi connectivity index (χ4v) is 1.69. The number of benzene rings is 1. The zero-order valence-electron chi connectivity index (χ0n) is 10.4. The summed E-state index contributed by atoms with van der Waals surface area (Å²) in [5.41, 5.74) is 7.55. The van der Waals surface area contributed by atoms with Gasteiger partial charge in [0, 0.05) is 29.5 Å². The lowest BCUT2D eigenvalue weighted by atomic mass is 10.1. The maximum Gasteiger partial charge on any atom is 0.122 e. The molecule has 3 N–H and O–H groups in total. The molecule has 1 atom stereocenters. The van der Waals surface area contributed by atoms with Gasteiger partial charge in [-0.25, -0.2) is 0 Å². The van der Waals surface area contributed by atoms with Gasteiger partial charge in [0.1, 0.15) is 5.75 Å². The second kappa shape index (κ2) is 6.26. The molecule has 3 heteroatoms. The zero-order chi connectivity index (χ0) is 12.0. The first-order valence-electron chi connectivity index (χ1n) is 5.86. The lowest BCUT2D eigenvalue weighted by Crippen LogP contribution is -2.14. The number of hydrogen-bond donors (Lipinski definition) is 2. The maximum absolute atomic E-state index is 5.79. The van der Waals surface area contributed by atoms with Crippen molar-refractivity contribution in [3.63, 3.8) is 0 Å². The molecule has 1 aromatic rings. The molecule has 1 unspecified atom stereocenters. The third-order valence-corrected chi connectivity index (χ3v) is 2.57. The number of unbranched alkanes of at least 4 members (excludes halogenated alkanes) is 1. The summed E-state index contributed by atoms with van der Waals surface area (Å²) in [5.74, 6) is 0.796. The van der Waals surface area contributed by atoms with Crippen molar-refractivity contribution in [2.45, 2.75) is 39.2 Å². The summed E-state index contributed by atoms with van der Waals surface area (Å²) in [6.07, 6.45) is 3.65. The van der Waals surface area contributed by atoms with Crippen LogP contribution in [0.3, 0.4) is 0 Å². The van der Waals surface area contributed by atoms with Crippen LogP contribution in [0.15, 0.2) is 18.2 Å². The summed E-state index contributed by atoms with van der Waals surface area (Å²) in [5, 5.41) is 3.43. The van der Waals surface area contributed by atoms with Crippen molar-refractivity contribution in [1.82, 2.24) is 0 Å². The van der Waals surface area contributed by atoms with Crippen LogP contribution in [-0.2, 0) is 0 Å². The van der Waals surface area contributed by atoms with Crippen LogP contribution < -0.4 is 15.8 Å². The topological polar surface area (TPSA) is 47.3 Å². The molecule has 0 spiro atoms. The number of rotatable bonds is 6. The highest BCUT2D eigenvalue weighted by atomic mass is 16.5. The Morgan fingerprint density at radius 2 is 2.12 bits per heavy atom. The van der Waals surface area contributed by atoms with Gasteiger partial charge in [-0.1, -0.05) is 19.8 Å². The van der Waals surface area contributed by atoms with Crippen LogP contribution in [0.1, 0.15) is 33.1 Å². The minimum atomic E-state index is 0.464. The standard InChI is InChI=1S/C13H22N2O/c1-4-5-6-10(2)15-12-7-11(14)8-13(9-12)16-3/h7-10,15H,4-6,14H2,1-3H3. The second-order valence-electron chi connectivity index (χ2n) is 4.18. The van der Waals surface area contributed by atoms with Crippen LogP contribution in [0.25, 0.3) is 0 Å². The maximum atomic E-state index is 5.79. The van der Waals surface area contributed by atoms with Gasteiger partial charge in [0.05, 0.1) is 7.11 Å². The van der Waals surface area contributed by atoms with E-state index in [4.69, 9.17) is 10.5 Å². The summed E-state index contributed by atoms with van der Waals surface area (Å²) in [7, 11) is 1.65. The van der Waals surface area contributed by atoms with Crippen LogP contribution >= 0.6 is 0 Å². The molecule has 16 heavy (non-hydrogen) atoms. The van der Waals surface area contributed by atoms with E-state index in [-0.39, 0.29) is 0 Å². The molecular weight excluding hydrogens is 200 g/mol. The molecule has 0 radical (unpaired) electrons. The lowest BCUT2D eigenvalue weighted by Gasteiger charge is -2.16. The third kappa shape index (κ3) is 4.01. The molecule has 0 saturated heterocycles. The second-order valence-corrected chi connectivity index (χ2v) is 4.18. The highest BCUT2D eigenvalue weighted by molar-refractivity contribution is 5.59. The lowest BCUT2D eigenvalue weighted by molar-refractivity contribution is 0.415. The number of nitrogen functional groups attached to an aromatic ring is 1. The Morgan fingerprint density at radius 1 is 1.38 bits per heavy atom. The van der Waals surface area contributed by atoms with Gasteiger partial charge in [-0.2, -0.15) is 0 Å². The molecule has 0 fully saturated rings. The van der Waals surface area contributed by atoms with E-state index in [1.54, 1.807) is 7.11 Å². The average Bonchev–Trinajstić information content (AvgIpc) is 2.25. The minimum absolute atomic E-state index is 0.464. The average molecular weight is 222 g/mol. The zero-order valence-corrected chi connectivity index (χ0v) is 10.4. The minimum Gasteiger partial charge on any atom is -0.497 e. The van der Waals surface area contributed by atoms with Crippen molar-refractivity contribution in [3.05, 3.63) is 18.2 Å². The van der Waals surface area contributed by atoms with E-state index in [2.05, 4.69) is 19.2 Å². The Bertz CT molecular complexity index is 326. The Morgan fingerprint density at radius 3 is 2.75 bits per heavy atom. The van der Waals surface area contributed by atoms with Crippen molar-refractivity contribution in [2.24, 2.45) is 0 Å². The monoisotopic (exact) mass is 222 g/mol. The number of methoxy groups -OCH3 is 1. The number of anilines is 2. The van der Waals surface area contributed by atoms with Crippen LogP contribution in [-0.4, -0.2) is 13.2 Å². The van der Waals surface area contributed by atoms with Crippen LogP contribution in [0.2, 0.25) is 0 Å². The van der Waals surface area contributed by atoms with Gasteiger partial charge in [-0.3, -0.25) is 0 Å². The SMILES string of the molecule is CCCCC(C)Nc1cc(N)cc(OC)c1. The van der Waals surface area contributed by atoms with Crippen molar-refractivity contribution in [1.29, 1.82) is 0 Å². The Hall–Kier alpha value is -1.38. The third-order valence-electron chi connectivity index (χ3n) is 2.57. The van der Waals surface area contributed by atoms with Gasteiger partial charge in [0.25, 0.3) is 0 Å². The van der Waals surface area contributed by atoms with E-state index < -0.39 is 0 Å². The van der Waals surface area contributed by atoms with Crippen molar-refractivity contribution < 1.29 is 4.74 Å². The first kappa shape index (κ1) is 12.7. The molecule has 0 aliphatic heterocycles. The van der Waals surface area contributed by atoms with Crippen LogP contribution in [0.5, 0.6) is 5.75 Å². The van der Waals surface area contributed by atoms with Gasteiger partial charge in [-0.15, -0.1) is 0 Å². The highest BCUT2D eigenvalue weighted by Crippen LogP contribution is 2.23. The van der Waals surface area contributed by atoms with Gasteiger partial charge in [-0.05, 0) is 19.4 Å². The molecule has 90 valence electrons. The first-order valence-corrected chi connectivity index (χ1v) is 5.86. The molecule has 0 aromatic heterocycles. The van der Waals surface area contributed by atoms with E-state index in [9.17, 15) is 0 Å². The van der Waals surface area contributed by atoms with E-state index in [0.717, 1.165) is 17.1 Å². The largest absolute Gasteiger partial charge is 0.497 e. The number of nitrogens with two attached hydrogens (primary N) is 1. The predicted molar refractivity (Wildman–Crippen MR) is 70.0 cm³/mol. The van der Waals surface area contributed by atoms with Gasteiger partial charge in [0.15, 0.2) is 0 Å². The summed E-state index contributed by atoms with van der Waals surface area (Å²) in [4.78, 5) is 0. The summed E-state index contributed by atoms with van der Waals surface area (Å²) in [6.45, 7) is 4.39. The highest BCUT2D eigenvalue weighted by Gasteiger charge is 2.03. The van der Waals surface area contributed by atoms with E-state index in [1.165, 1.54) is 19.3 Å². The normalized spacial score (nSPS) is 12.2. The molecule has 0 heterocycles. The van der Waals surface area contributed by atoms with Gasteiger partial charge < -0.3 is 15.8 Å². The summed E-state index contributed by atoms with van der Waals surface area (Å²) >= 11 is 0. The number of ether oxygens (including phenoxy) is 1. The fraction of sp³-hybridized carbons (Fsp3) is 0.538.